The zero-order valence-electron chi connectivity index (χ0n) is 15.6. The summed E-state index contributed by atoms with van der Waals surface area (Å²) < 4.78 is 39.1. The van der Waals surface area contributed by atoms with E-state index in [2.05, 4.69) is 10.4 Å². The fraction of sp³-hybridized carbons (Fsp3) is 0.150. The lowest BCUT2D eigenvalue weighted by atomic mass is 10.1. The Bertz CT molecular complexity index is 1090. The smallest absolute Gasteiger partial charge is 0.248 e. The minimum Gasteiger partial charge on any atom is -0.494 e. The first-order valence-electron chi connectivity index (χ1n) is 8.50. The van der Waals surface area contributed by atoms with Gasteiger partial charge in [0.15, 0.2) is 23.1 Å². The third-order valence-electron chi connectivity index (χ3n) is 3.91. The topological polar surface area (TPSA) is 86.4 Å². The summed E-state index contributed by atoms with van der Waals surface area (Å²) >= 11 is 0. The molecule has 150 valence electrons. The summed E-state index contributed by atoms with van der Waals surface area (Å²) in [4.78, 5) is 23.3. The third kappa shape index (κ3) is 4.95. The van der Waals surface area contributed by atoms with Crippen LogP contribution in [-0.2, 0) is 11.3 Å². The number of aromatic nitrogens is 2. The van der Waals surface area contributed by atoms with Gasteiger partial charge < -0.3 is 14.5 Å². The summed E-state index contributed by atoms with van der Waals surface area (Å²) in [5.41, 5.74) is 0.313. The third-order valence-corrected chi connectivity index (χ3v) is 3.91. The number of hydrogen-bond donors (Lipinski definition) is 1. The predicted molar refractivity (Wildman–Crippen MR) is 101 cm³/mol. The van der Waals surface area contributed by atoms with E-state index in [1.807, 2.05) is 0 Å². The number of benzene rings is 1. The van der Waals surface area contributed by atoms with E-state index in [4.69, 9.17) is 9.15 Å². The van der Waals surface area contributed by atoms with E-state index in [1.165, 1.54) is 24.9 Å². The van der Waals surface area contributed by atoms with E-state index < -0.39 is 17.5 Å². The maximum absolute atomic E-state index is 13.9. The second-order valence-corrected chi connectivity index (χ2v) is 6.08. The van der Waals surface area contributed by atoms with Crippen molar-refractivity contribution in [2.45, 2.75) is 13.5 Å². The molecule has 0 radical (unpaired) electrons. The van der Waals surface area contributed by atoms with Crippen LogP contribution in [0, 0.1) is 11.6 Å². The molecule has 0 bridgehead atoms. The normalized spacial score (nSPS) is 11.0. The van der Waals surface area contributed by atoms with Crippen molar-refractivity contribution >= 4 is 23.5 Å². The largest absolute Gasteiger partial charge is 0.494 e. The summed E-state index contributed by atoms with van der Waals surface area (Å²) in [5, 5.41) is 6.65. The number of methoxy groups -OCH3 is 1. The molecule has 0 atom stereocenters. The van der Waals surface area contributed by atoms with Gasteiger partial charge in [-0.3, -0.25) is 14.3 Å². The molecule has 0 aliphatic heterocycles. The minimum atomic E-state index is -0.735. The molecule has 2 heterocycles. The van der Waals surface area contributed by atoms with Gasteiger partial charge in [0.05, 0.1) is 25.5 Å². The number of carbonyl (C=O) groups is 2. The number of anilines is 1. The van der Waals surface area contributed by atoms with E-state index in [1.54, 1.807) is 18.3 Å². The van der Waals surface area contributed by atoms with Gasteiger partial charge in [0.2, 0.25) is 5.91 Å². The lowest BCUT2D eigenvalue weighted by molar-refractivity contribution is -0.111. The van der Waals surface area contributed by atoms with Gasteiger partial charge in [-0.2, -0.15) is 5.10 Å². The molecule has 0 saturated carbocycles. The number of rotatable bonds is 7. The Kier molecular flexibility index (Phi) is 5.87. The minimum absolute atomic E-state index is 0.0896. The molecule has 0 aliphatic carbocycles. The summed E-state index contributed by atoms with van der Waals surface area (Å²) in [6.45, 7) is 1.68. The quantitative estimate of drug-likeness (QED) is 0.482. The number of nitrogens with zero attached hydrogens (tertiary/aromatic N) is 2. The van der Waals surface area contributed by atoms with Gasteiger partial charge in [0, 0.05) is 30.8 Å². The molecule has 1 amide bonds. The Morgan fingerprint density at radius 2 is 2.07 bits per heavy atom. The van der Waals surface area contributed by atoms with Crippen LogP contribution in [0.2, 0.25) is 0 Å². The average molecular weight is 401 g/mol. The van der Waals surface area contributed by atoms with Gasteiger partial charge in [0.1, 0.15) is 11.6 Å². The van der Waals surface area contributed by atoms with E-state index >= 15 is 0 Å². The summed E-state index contributed by atoms with van der Waals surface area (Å²) in [7, 11) is 1.23. The second kappa shape index (κ2) is 8.51. The van der Waals surface area contributed by atoms with Crippen LogP contribution in [-0.4, -0.2) is 28.6 Å². The van der Waals surface area contributed by atoms with Crippen molar-refractivity contribution in [1.82, 2.24) is 9.78 Å². The number of Topliss-reactive ketones (excluding diaryl/α,β-unsaturated/α-hetero) is 1. The van der Waals surface area contributed by atoms with Crippen LogP contribution >= 0.6 is 0 Å². The Morgan fingerprint density at radius 1 is 1.28 bits per heavy atom. The summed E-state index contributed by atoms with van der Waals surface area (Å²) in [5.74, 6) is -1.60. The zero-order chi connectivity index (χ0) is 21.0. The fourth-order valence-corrected chi connectivity index (χ4v) is 2.50. The van der Waals surface area contributed by atoms with Crippen molar-refractivity contribution in [2.24, 2.45) is 0 Å². The standard InChI is InChI=1S/C20H17F2N3O4/c1-12(26)18-5-4-15(29-18)11-25-10-14(9-23-25)24-20(27)6-3-13-7-17(22)19(28-2)8-16(13)21/h3-10H,11H2,1-2H3,(H,24,27)/b6-3-. The molecule has 1 aromatic carbocycles. The molecule has 1 N–H and O–H groups in total. The maximum Gasteiger partial charge on any atom is 0.248 e. The summed E-state index contributed by atoms with van der Waals surface area (Å²) in [6, 6.07) is 5.09. The number of ether oxygens (including phenoxy) is 1. The monoisotopic (exact) mass is 401 g/mol. The first-order valence-corrected chi connectivity index (χ1v) is 8.50. The molecular weight excluding hydrogens is 384 g/mol. The van der Waals surface area contributed by atoms with Crippen LogP contribution < -0.4 is 10.1 Å². The van der Waals surface area contributed by atoms with Crippen LogP contribution in [0.15, 0.2) is 47.2 Å². The molecule has 29 heavy (non-hydrogen) atoms. The highest BCUT2D eigenvalue weighted by atomic mass is 19.1. The number of carbonyl (C=O) groups excluding carboxylic acids is 2. The van der Waals surface area contributed by atoms with Crippen molar-refractivity contribution < 1.29 is 27.5 Å². The highest BCUT2D eigenvalue weighted by molar-refractivity contribution is 6.01. The Morgan fingerprint density at radius 3 is 2.76 bits per heavy atom. The molecule has 0 unspecified atom stereocenters. The molecule has 3 aromatic rings. The molecule has 0 spiro atoms. The van der Waals surface area contributed by atoms with Gasteiger partial charge in [0.25, 0.3) is 0 Å². The van der Waals surface area contributed by atoms with Crippen LogP contribution in [0.5, 0.6) is 5.75 Å². The number of hydrogen-bond acceptors (Lipinski definition) is 5. The van der Waals surface area contributed by atoms with Crippen molar-refractivity contribution in [3.63, 3.8) is 0 Å². The molecular formula is C20H17F2N3O4. The van der Waals surface area contributed by atoms with Crippen molar-refractivity contribution in [3.05, 3.63) is 71.5 Å². The van der Waals surface area contributed by atoms with E-state index in [9.17, 15) is 18.4 Å². The molecule has 0 fully saturated rings. The molecule has 0 aliphatic rings. The number of furan rings is 1. The second-order valence-electron chi connectivity index (χ2n) is 6.08. The first-order chi connectivity index (χ1) is 13.9. The SMILES string of the molecule is COc1cc(F)c(/C=C\C(=O)Nc2cnn(Cc3ccc(C(C)=O)o3)c2)cc1F. The number of ketones is 1. The highest BCUT2D eigenvalue weighted by Gasteiger charge is 2.10. The Balaban J connectivity index is 1.62. The van der Waals surface area contributed by atoms with Gasteiger partial charge in [-0.05, 0) is 24.3 Å². The van der Waals surface area contributed by atoms with Gasteiger partial charge >= 0.3 is 0 Å². The molecule has 3 rings (SSSR count). The molecule has 2 aromatic heterocycles. The Hall–Kier alpha value is -3.75. The lowest BCUT2D eigenvalue weighted by Gasteiger charge is -2.04. The lowest BCUT2D eigenvalue weighted by Crippen LogP contribution is -2.07. The Labute approximate surface area is 164 Å². The average Bonchev–Trinajstić information content (AvgIpc) is 3.32. The maximum atomic E-state index is 13.9. The summed E-state index contributed by atoms with van der Waals surface area (Å²) in [6.07, 6.45) is 5.22. The van der Waals surface area contributed by atoms with Crippen LogP contribution in [0.4, 0.5) is 14.5 Å². The van der Waals surface area contributed by atoms with Gasteiger partial charge in [-0.15, -0.1) is 0 Å². The van der Waals surface area contributed by atoms with E-state index in [0.29, 0.717) is 11.4 Å². The number of nitrogens with one attached hydrogen (secondary N) is 1. The van der Waals surface area contributed by atoms with Gasteiger partial charge in [-0.1, -0.05) is 0 Å². The molecule has 0 saturated heterocycles. The van der Waals surface area contributed by atoms with Crippen molar-refractivity contribution in [1.29, 1.82) is 0 Å². The zero-order valence-corrected chi connectivity index (χ0v) is 15.6. The first kappa shape index (κ1) is 20.0. The van der Waals surface area contributed by atoms with Crippen LogP contribution in [0.3, 0.4) is 0 Å². The predicted octanol–water partition coefficient (Wildman–Crippen LogP) is 3.67. The number of halogens is 2. The fourth-order valence-electron chi connectivity index (χ4n) is 2.50. The number of amides is 1. The van der Waals surface area contributed by atoms with Crippen molar-refractivity contribution in [3.8, 4) is 5.75 Å². The van der Waals surface area contributed by atoms with E-state index in [-0.39, 0.29) is 29.4 Å². The van der Waals surface area contributed by atoms with E-state index in [0.717, 1.165) is 24.3 Å². The molecule has 7 nitrogen and oxygen atoms in total. The van der Waals surface area contributed by atoms with Gasteiger partial charge in [-0.25, -0.2) is 8.78 Å². The highest BCUT2D eigenvalue weighted by Crippen LogP contribution is 2.22. The molecule has 9 heteroatoms. The van der Waals surface area contributed by atoms with Crippen LogP contribution in [0.1, 0.15) is 28.8 Å². The van der Waals surface area contributed by atoms with Crippen LogP contribution in [0.25, 0.3) is 6.08 Å². The van der Waals surface area contributed by atoms with Crippen molar-refractivity contribution in [2.75, 3.05) is 12.4 Å².